The molecule has 1 rings (SSSR count). The van der Waals surface area contributed by atoms with Gasteiger partial charge >= 0.3 is 6.09 Å². The van der Waals surface area contributed by atoms with Crippen molar-refractivity contribution in [2.75, 3.05) is 20.6 Å². The van der Waals surface area contributed by atoms with E-state index in [2.05, 4.69) is 24.2 Å². The Morgan fingerprint density at radius 3 is 2.93 bits per heavy atom. The fourth-order valence-corrected chi connectivity index (χ4v) is 2.00. The molecule has 2 atom stereocenters. The summed E-state index contributed by atoms with van der Waals surface area (Å²) < 4.78 is 5.22. The molecule has 4 nitrogen and oxygen atoms in total. The molecule has 14 heavy (non-hydrogen) atoms. The van der Waals surface area contributed by atoms with Gasteiger partial charge in [-0.2, -0.15) is 0 Å². The van der Waals surface area contributed by atoms with Gasteiger partial charge in [-0.1, -0.05) is 13.3 Å². The number of likely N-dealkylation sites (N-methyl/N-ethyl adjacent to an activating group) is 1. The fraction of sp³-hybridized carbons (Fsp3) is 0.900. The minimum Gasteiger partial charge on any atom is -0.445 e. The molecule has 0 radical (unpaired) electrons. The summed E-state index contributed by atoms with van der Waals surface area (Å²) in [5.74, 6) is 0. The molecule has 0 saturated carbocycles. The molecular formula is C10H20N2O2. The smallest absolute Gasteiger partial charge is 0.407 e. The number of rotatable bonds is 3. The van der Waals surface area contributed by atoms with Crippen LogP contribution < -0.4 is 5.32 Å². The number of nitrogens with zero attached hydrogens (tertiary/aromatic N) is 1. The van der Waals surface area contributed by atoms with E-state index in [1.807, 2.05) is 0 Å². The second kappa shape index (κ2) is 5.20. The van der Waals surface area contributed by atoms with E-state index in [0.29, 0.717) is 6.04 Å². The zero-order chi connectivity index (χ0) is 10.6. The van der Waals surface area contributed by atoms with Crippen LogP contribution in [0.2, 0.25) is 0 Å². The lowest BCUT2D eigenvalue weighted by Gasteiger charge is -2.16. The number of carbonyl (C=O) groups excluding carboxylic acids is 1. The quantitative estimate of drug-likeness (QED) is 0.744. The number of hydrogen-bond acceptors (Lipinski definition) is 3. The van der Waals surface area contributed by atoms with E-state index < -0.39 is 0 Å². The van der Waals surface area contributed by atoms with Crippen LogP contribution in [0.15, 0.2) is 0 Å². The summed E-state index contributed by atoms with van der Waals surface area (Å²) in [4.78, 5) is 13.3. The number of amides is 1. The molecule has 0 spiro atoms. The minimum absolute atomic E-state index is 0.0662. The predicted molar refractivity (Wildman–Crippen MR) is 55.3 cm³/mol. The Morgan fingerprint density at radius 2 is 2.36 bits per heavy atom. The topological polar surface area (TPSA) is 41.6 Å². The number of ether oxygens (including phenoxy) is 1. The van der Waals surface area contributed by atoms with Crippen LogP contribution in [0.3, 0.4) is 0 Å². The van der Waals surface area contributed by atoms with Crippen molar-refractivity contribution in [1.29, 1.82) is 0 Å². The van der Waals surface area contributed by atoms with Crippen LogP contribution in [0.5, 0.6) is 0 Å². The second-order valence-corrected chi connectivity index (χ2v) is 3.90. The highest BCUT2D eigenvalue weighted by Gasteiger charge is 2.30. The SMILES string of the molecule is CCCC1CC(OC(=O)NC)CN1C. The molecule has 1 aliphatic heterocycles. The highest BCUT2D eigenvalue weighted by atomic mass is 16.6. The van der Waals surface area contributed by atoms with E-state index in [1.165, 1.54) is 12.8 Å². The van der Waals surface area contributed by atoms with Crippen molar-refractivity contribution in [2.24, 2.45) is 0 Å². The Morgan fingerprint density at radius 1 is 1.64 bits per heavy atom. The number of nitrogens with one attached hydrogen (secondary N) is 1. The number of carbonyl (C=O) groups is 1. The Balaban J connectivity index is 2.34. The van der Waals surface area contributed by atoms with Gasteiger partial charge in [0.25, 0.3) is 0 Å². The van der Waals surface area contributed by atoms with E-state index in [9.17, 15) is 4.79 Å². The Kier molecular flexibility index (Phi) is 4.20. The summed E-state index contributed by atoms with van der Waals surface area (Å²) >= 11 is 0. The van der Waals surface area contributed by atoms with Gasteiger partial charge in [0.2, 0.25) is 0 Å². The molecule has 1 N–H and O–H groups in total. The third-order valence-electron chi connectivity index (χ3n) is 2.75. The number of alkyl carbamates (subject to hydrolysis) is 1. The largest absolute Gasteiger partial charge is 0.445 e. The molecule has 0 aromatic heterocycles. The molecule has 82 valence electrons. The minimum atomic E-state index is -0.319. The highest BCUT2D eigenvalue weighted by Crippen LogP contribution is 2.21. The molecule has 2 unspecified atom stereocenters. The Labute approximate surface area is 85.6 Å². The van der Waals surface area contributed by atoms with Gasteiger partial charge in [-0.25, -0.2) is 4.79 Å². The summed E-state index contributed by atoms with van der Waals surface area (Å²) in [6, 6.07) is 0.578. The van der Waals surface area contributed by atoms with Crippen molar-refractivity contribution in [3.63, 3.8) is 0 Å². The lowest BCUT2D eigenvalue weighted by atomic mass is 10.1. The average molecular weight is 200 g/mol. The van der Waals surface area contributed by atoms with Gasteiger partial charge < -0.3 is 10.1 Å². The first-order valence-corrected chi connectivity index (χ1v) is 5.26. The maximum absolute atomic E-state index is 11.0. The predicted octanol–water partition coefficient (Wildman–Crippen LogP) is 1.22. The zero-order valence-electron chi connectivity index (χ0n) is 9.25. The molecule has 1 heterocycles. The van der Waals surface area contributed by atoms with Gasteiger partial charge in [0, 0.05) is 26.1 Å². The molecule has 0 aromatic rings. The average Bonchev–Trinajstić information content (AvgIpc) is 2.47. The summed E-state index contributed by atoms with van der Waals surface area (Å²) in [5.41, 5.74) is 0. The fourth-order valence-electron chi connectivity index (χ4n) is 2.00. The van der Waals surface area contributed by atoms with Gasteiger partial charge in [0.05, 0.1) is 0 Å². The lowest BCUT2D eigenvalue weighted by Crippen LogP contribution is -2.28. The molecule has 1 saturated heterocycles. The molecule has 1 fully saturated rings. The lowest BCUT2D eigenvalue weighted by molar-refractivity contribution is 0.104. The van der Waals surface area contributed by atoms with Crippen molar-refractivity contribution in [3.8, 4) is 0 Å². The van der Waals surface area contributed by atoms with E-state index in [0.717, 1.165) is 13.0 Å². The first kappa shape index (κ1) is 11.3. The second-order valence-electron chi connectivity index (χ2n) is 3.90. The Bertz CT molecular complexity index is 197. The highest BCUT2D eigenvalue weighted by molar-refractivity contribution is 5.66. The van der Waals surface area contributed by atoms with Gasteiger partial charge in [0.1, 0.15) is 6.10 Å². The maximum Gasteiger partial charge on any atom is 0.407 e. The van der Waals surface area contributed by atoms with Crippen LogP contribution in [0.4, 0.5) is 4.79 Å². The van der Waals surface area contributed by atoms with Gasteiger partial charge in [-0.05, 0) is 13.5 Å². The molecule has 0 aliphatic carbocycles. The first-order chi connectivity index (χ1) is 6.67. The summed E-state index contributed by atoms with van der Waals surface area (Å²) in [5, 5.41) is 2.47. The molecule has 0 aromatic carbocycles. The van der Waals surface area contributed by atoms with Crippen molar-refractivity contribution >= 4 is 6.09 Å². The van der Waals surface area contributed by atoms with Crippen LogP contribution in [0, 0.1) is 0 Å². The van der Waals surface area contributed by atoms with Crippen molar-refractivity contribution in [1.82, 2.24) is 10.2 Å². The van der Waals surface area contributed by atoms with Crippen molar-refractivity contribution < 1.29 is 9.53 Å². The molecule has 1 aliphatic rings. The van der Waals surface area contributed by atoms with Crippen molar-refractivity contribution in [2.45, 2.75) is 38.3 Å². The maximum atomic E-state index is 11.0. The van der Waals surface area contributed by atoms with Crippen LogP contribution in [0.1, 0.15) is 26.2 Å². The monoisotopic (exact) mass is 200 g/mol. The van der Waals surface area contributed by atoms with Crippen LogP contribution in [0.25, 0.3) is 0 Å². The summed E-state index contributed by atoms with van der Waals surface area (Å²) in [6.45, 7) is 3.04. The molecule has 4 heteroatoms. The molecule has 0 bridgehead atoms. The van der Waals surface area contributed by atoms with Crippen LogP contribution >= 0.6 is 0 Å². The summed E-state index contributed by atoms with van der Waals surface area (Å²) in [6.07, 6.45) is 3.08. The van der Waals surface area contributed by atoms with Crippen LogP contribution in [-0.2, 0) is 4.74 Å². The first-order valence-electron chi connectivity index (χ1n) is 5.26. The normalized spacial score (nSPS) is 27.6. The summed E-state index contributed by atoms with van der Waals surface area (Å²) in [7, 11) is 3.68. The third-order valence-corrected chi connectivity index (χ3v) is 2.75. The molecule has 1 amide bonds. The number of hydrogen-bond donors (Lipinski definition) is 1. The van der Waals surface area contributed by atoms with E-state index >= 15 is 0 Å². The Hall–Kier alpha value is -0.770. The third kappa shape index (κ3) is 2.87. The van der Waals surface area contributed by atoms with E-state index in [1.54, 1.807) is 7.05 Å². The number of likely N-dealkylation sites (tertiary alicyclic amines) is 1. The van der Waals surface area contributed by atoms with Crippen molar-refractivity contribution in [3.05, 3.63) is 0 Å². The molecular weight excluding hydrogens is 180 g/mol. The zero-order valence-corrected chi connectivity index (χ0v) is 9.25. The van der Waals surface area contributed by atoms with Gasteiger partial charge in [0.15, 0.2) is 0 Å². The van der Waals surface area contributed by atoms with E-state index in [4.69, 9.17) is 4.74 Å². The standard InChI is InChI=1S/C10H20N2O2/c1-4-5-8-6-9(7-12(8)3)14-10(13)11-2/h8-9H,4-7H2,1-3H3,(H,11,13). The van der Waals surface area contributed by atoms with E-state index in [-0.39, 0.29) is 12.2 Å². The van der Waals surface area contributed by atoms with Gasteiger partial charge in [-0.3, -0.25) is 4.90 Å². The van der Waals surface area contributed by atoms with Gasteiger partial charge in [-0.15, -0.1) is 0 Å². The van der Waals surface area contributed by atoms with Crippen LogP contribution in [-0.4, -0.2) is 43.8 Å².